The number of hydrogen-bond donors (Lipinski definition) is 1. The van der Waals surface area contributed by atoms with Gasteiger partial charge in [0, 0.05) is 4.88 Å². The standard InChI is InChI=1S/C21H20F2N4OS2/c1-10-7-8-12-15(9-10)30-19-16(12)18(28)25-17(26-19)11(2)29-21-24-13-5-3-4-6-14(13)27(21)20(22)23/h3-6,10-11,20H,7-9H2,1-2H3,(H,25,26,28). The number of aromatic amines is 1. The molecule has 9 heteroatoms. The van der Waals surface area contributed by atoms with Gasteiger partial charge in [0.1, 0.15) is 10.7 Å². The number of para-hydroxylation sites is 2. The first kappa shape index (κ1) is 19.7. The Bertz CT molecular complexity index is 1310. The number of H-pyrrole nitrogens is 1. The van der Waals surface area contributed by atoms with Crippen molar-refractivity contribution in [1.82, 2.24) is 19.5 Å². The molecule has 3 aromatic heterocycles. The van der Waals surface area contributed by atoms with Gasteiger partial charge >= 0.3 is 6.55 Å². The molecule has 2 unspecified atom stereocenters. The van der Waals surface area contributed by atoms with Crippen LogP contribution in [0.1, 0.15) is 48.3 Å². The summed E-state index contributed by atoms with van der Waals surface area (Å²) in [5.41, 5.74) is 1.90. The number of imidazole rings is 1. The first-order chi connectivity index (χ1) is 14.4. The van der Waals surface area contributed by atoms with E-state index in [4.69, 9.17) is 4.98 Å². The zero-order valence-electron chi connectivity index (χ0n) is 16.5. The average molecular weight is 447 g/mol. The first-order valence-electron chi connectivity index (χ1n) is 9.88. The molecule has 156 valence electrons. The van der Waals surface area contributed by atoms with Gasteiger partial charge in [-0.2, -0.15) is 8.78 Å². The molecule has 5 rings (SSSR count). The number of thioether (sulfide) groups is 1. The molecule has 1 aliphatic rings. The van der Waals surface area contributed by atoms with E-state index in [1.807, 2.05) is 6.92 Å². The molecule has 3 heterocycles. The number of fused-ring (bicyclic) bond motifs is 4. The van der Waals surface area contributed by atoms with Gasteiger partial charge in [-0.15, -0.1) is 11.3 Å². The van der Waals surface area contributed by atoms with Gasteiger partial charge < -0.3 is 4.98 Å². The fraction of sp³-hybridized carbons (Fsp3) is 0.381. The average Bonchev–Trinajstić information content (AvgIpc) is 3.24. The zero-order chi connectivity index (χ0) is 21.0. The zero-order valence-corrected chi connectivity index (χ0v) is 18.1. The lowest BCUT2D eigenvalue weighted by atomic mass is 9.89. The Morgan fingerprint density at radius 3 is 2.90 bits per heavy atom. The third kappa shape index (κ3) is 3.24. The van der Waals surface area contributed by atoms with E-state index in [2.05, 4.69) is 16.9 Å². The topological polar surface area (TPSA) is 63.6 Å². The van der Waals surface area contributed by atoms with Crippen molar-refractivity contribution in [2.75, 3.05) is 0 Å². The Hall–Kier alpha value is -2.26. The van der Waals surface area contributed by atoms with Crippen molar-refractivity contribution in [2.24, 2.45) is 5.92 Å². The number of benzene rings is 1. The normalized spacial score (nSPS) is 17.7. The van der Waals surface area contributed by atoms with Crippen LogP contribution >= 0.6 is 23.1 Å². The highest BCUT2D eigenvalue weighted by atomic mass is 32.2. The maximum atomic E-state index is 13.7. The fourth-order valence-electron chi connectivity index (χ4n) is 4.07. The number of hydrogen-bond acceptors (Lipinski definition) is 5. The minimum Gasteiger partial charge on any atom is -0.309 e. The molecule has 30 heavy (non-hydrogen) atoms. The summed E-state index contributed by atoms with van der Waals surface area (Å²) in [6, 6.07) is 6.83. The minimum atomic E-state index is -2.70. The molecule has 0 fully saturated rings. The van der Waals surface area contributed by atoms with Crippen LogP contribution < -0.4 is 5.56 Å². The Labute approximate surface area is 179 Å². The monoisotopic (exact) mass is 446 g/mol. The summed E-state index contributed by atoms with van der Waals surface area (Å²) >= 11 is 2.76. The Balaban J connectivity index is 1.53. The summed E-state index contributed by atoms with van der Waals surface area (Å²) in [4.78, 5) is 26.8. The number of aromatic nitrogens is 4. The van der Waals surface area contributed by atoms with E-state index in [0.29, 0.717) is 28.2 Å². The summed E-state index contributed by atoms with van der Waals surface area (Å²) < 4.78 is 28.4. The van der Waals surface area contributed by atoms with Crippen molar-refractivity contribution < 1.29 is 8.78 Å². The van der Waals surface area contributed by atoms with Crippen LogP contribution in [0.2, 0.25) is 0 Å². The molecule has 0 spiro atoms. The van der Waals surface area contributed by atoms with Gasteiger partial charge in [0.15, 0.2) is 5.16 Å². The lowest BCUT2D eigenvalue weighted by Gasteiger charge is -2.17. The second-order valence-corrected chi connectivity index (χ2v) is 10.2. The highest BCUT2D eigenvalue weighted by Crippen LogP contribution is 2.39. The molecule has 5 nitrogen and oxygen atoms in total. The van der Waals surface area contributed by atoms with Crippen LogP contribution in [0.25, 0.3) is 21.3 Å². The molecule has 0 saturated carbocycles. The first-order valence-corrected chi connectivity index (χ1v) is 11.6. The largest absolute Gasteiger partial charge is 0.321 e. The van der Waals surface area contributed by atoms with Gasteiger partial charge in [0.25, 0.3) is 5.56 Å². The molecule has 1 aliphatic carbocycles. The minimum absolute atomic E-state index is 0.142. The predicted octanol–water partition coefficient (Wildman–Crippen LogP) is 5.71. The van der Waals surface area contributed by atoms with Gasteiger partial charge in [-0.25, -0.2) is 9.97 Å². The maximum Gasteiger partial charge on any atom is 0.321 e. The van der Waals surface area contributed by atoms with E-state index >= 15 is 0 Å². The molecular weight excluding hydrogens is 426 g/mol. The van der Waals surface area contributed by atoms with E-state index in [-0.39, 0.29) is 16.0 Å². The number of nitrogens with one attached hydrogen (secondary N) is 1. The van der Waals surface area contributed by atoms with Crippen LogP contribution in [0.3, 0.4) is 0 Å². The van der Waals surface area contributed by atoms with Crippen LogP contribution in [-0.2, 0) is 12.8 Å². The van der Waals surface area contributed by atoms with Crippen molar-refractivity contribution in [3.63, 3.8) is 0 Å². The molecule has 0 bridgehead atoms. The van der Waals surface area contributed by atoms with Crippen molar-refractivity contribution >= 4 is 44.3 Å². The van der Waals surface area contributed by atoms with E-state index in [9.17, 15) is 13.6 Å². The van der Waals surface area contributed by atoms with Gasteiger partial charge in [-0.3, -0.25) is 9.36 Å². The number of aryl methyl sites for hydroxylation is 1. The van der Waals surface area contributed by atoms with Crippen LogP contribution in [0.5, 0.6) is 0 Å². The molecule has 1 aromatic carbocycles. The predicted molar refractivity (Wildman–Crippen MR) is 117 cm³/mol. The smallest absolute Gasteiger partial charge is 0.309 e. The van der Waals surface area contributed by atoms with Crippen molar-refractivity contribution in [1.29, 1.82) is 0 Å². The summed E-state index contributed by atoms with van der Waals surface area (Å²) in [7, 11) is 0. The number of thiophene rings is 1. The molecule has 0 radical (unpaired) electrons. The van der Waals surface area contributed by atoms with Crippen molar-refractivity contribution in [2.45, 2.75) is 50.1 Å². The molecule has 4 aromatic rings. The summed E-state index contributed by atoms with van der Waals surface area (Å²) in [6.07, 6.45) is 2.97. The Kier molecular flexibility index (Phi) is 4.89. The maximum absolute atomic E-state index is 13.7. The lowest BCUT2D eigenvalue weighted by molar-refractivity contribution is 0.0656. The third-order valence-corrected chi connectivity index (χ3v) is 7.83. The third-order valence-electron chi connectivity index (χ3n) is 5.61. The second kappa shape index (κ2) is 7.46. The molecule has 0 saturated heterocycles. The number of alkyl halides is 2. The molecular formula is C21H20F2N4OS2. The SMILES string of the molecule is CC1CCc2c(sc3nc(C(C)Sc4nc5ccccc5n4C(F)F)[nH]c(=O)c23)C1. The van der Waals surface area contributed by atoms with E-state index < -0.39 is 6.55 Å². The van der Waals surface area contributed by atoms with E-state index in [1.54, 1.807) is 35.6 Å². The summed E-state index contributed by atoms with van der Waals surface area (Å²) in [6.45, 7) is 1.37. The Morgan fingerprint density at radius 2 is 2.10 bits per heavy atom. The number of nitrogens with zero attached hydrogens (tertiary/aromatic N) is 3. The van der Waals surface area contributed by atoms with Gasteiger partial charge in [0.2, 0.25) is 0 Å². The quantitative estimate of drug-likeness (QED) is 0.408. The van der Waals surface area contributed by atoms with Crippen LogP contribution in [0.4, 0.5) is 8.78 Å². The lowest BCUT2D eigenvalue weighted by Crippen LogP contribution is -2.15. The van der Waals surface area contributed by atoms with Gasteiger partial charge in [-0.1, -0.05) is 30.8 Å². The summed E-state index contributed by atoms with van der Waals surface area (Å²) in [5, 5.41) is 0.567. The fourth-order valence-corrected chi connectivity index (χ4v) is 6.44. The van der Waals surface area contributed by atoms with Crippen LogP contribution in [-0.4, -0.2) is 19.5 Å². The van der Waals surface area contributed by atoms with E-state index in [1.165, 1.54) is 16.6 Å². The number of rotatable bonds is 4. The van der Waals surface area contributed by atoms with E-state index in [0.717, 1.165) is 34.2 Å². The second-order valence-electron chi connectivity index (χ2n) is 7.77. The van der Waals surface area contributed by atoms with Gasteiger partial charge in [-0.05, 0) is 49.8 Å². The highest BCUT2D eigenvalue weighted by Gasteiger charge is 2.25. The highest BCUT2D eigenvalue weighted by molar-refractivity contribution is 7.99. The van der Waals surface area contributed by atoms with Crippen LogP contribution in [0, 0.1) is 5.92 Å². The molecule has 1 N–H and O–H groups in total. The van der Waals surface area contributed by atoms with Gasteiger partial charge in [0.05, 0.1) is 21.7 Å². The molecule has 0 amide bonds. The Morgan fingerprint density at radius 1 is 1.30 bits per heavy atom. The molecule has 0 aliphatic heterocycles. The molecule has 2 atom stereocenters. The van der Waals surface area contributed by atoms with Crippen molar-refractivity contribution in [3.05, 3.63) is 50.9 Å². The van der Waals surface area contributed by atoms with Crippen LogP contribution in [0.15, 0.2) is 34.2 Å². The van der Waals surface area contributed by atoms with Crippen molar-refractivity contribution in [3.8, 4) is 0 Å². The summed E-state index contributed by atoms with van der Waals surface area (Å²) in [5.74, 6) is 1.10. The number of halogens is 2.